The lowest BCUT2D eigenvalue weighted by Crippen LogP contribution is -2.37. The lowest BCUT2D eigenvalue weighted by Gasteiger charge is -2.11. The molecule has 37 heavy (non-hydrogen) atoms. The summed E-state index contributed by atoms with van der Waals surface area (Å²) in [6, 6.07) is 16.4. The number of aryl methyl sites for hydroxylation is 2. The van der Waals surface area contributed by atoms with E-state index < -0.39 is 5.69 Å². The van der Waals surface area contributed by atoms with E-state index in [4.69, 9.17) is 9.72 Å². The van der Waals surface area contributed by atoms with Gasteiger partial charge in [-0.2, -0.15) is 4.98 Å². The summed E-state index contributed by atoms with van der Waals surface area (Å²) in [5, 5.41) is 0. The number of nitrogens with zero attached hydrogens (tertiary/aromatic N) is 5. The van der Waals surface area contributed by atoms with Crippen LogP contribution in [0.4, 0.5) is 0 Å². The van der Waals surface area contributed by atoms with E-state index in [0.717, 1.165) is 33.7 Å². The maximum atomic E-state index is 13.1. The average molecular weight is 500 g/mol. The summed E-state index contributed by atoms with van der Waals surface area (Å²) in [4.78, 5) is 30.4. The van der Waals surface area contributed by atoms with Crippen LogP contribution in [0.25, 0.3) is 33.9 Å². The van der Waals surface area contributed by atoms with Gasteiger partial charge in [0.25, 0.3) is 5.56 Å². The summed E-state index contributed by atoms with van der Waals surface area (Å²) < 4.78 is 11.7. The van der Waals surface area contributed by atoms with E-state index in [1.807, 2.05) is 35.0 Å². The number of fused-ring (bicyclic) bond motifs is 3. The van der Waals surface area contributed by atoms with Crippen LogP contribution in [0.5, 0.6) is 5.75 Å². The monoisotopic (exact) mass is 499 g/mol. The van der Waals surface area contributed by atoms with Gasteiger partial charge >= 0.3 is 5.69 Å². The van der Waals surface area contributed by atoms with Crippen molar-refractivity contribution in [1.29, 1.82) is 0 Å². The third-order valence-corrected chi connectivity index (χ3v) is 7.11. The molecule has 5 rings (SSSR count). The van der Waals surface area contributed by atoms with Crippen molar-refractivity contribution in [3.63, 3.8) is 0 Å². The normalized spacial score (nSPS) is 11.6. The molecule has 3 aromatic heterocycles. The van der Waals surface area contributed by atoms with Crippen molar-refractivity contribution in [2.45, 2.75) is 45.4 Å². The fraction of sp³-hybridized carbons (Fsp3) is 0.345. The highest BCUT2D eigenvalue weighted by molar-refractivity contribution is 5.79. The molecule has 8 heteroatoms. The van der Waals surface area contributed by atoms with Gasteiger partial charge in [0.05, 0.1) is 12.8 Å². The molecule has 2 aromatic carbocycles. The Morgan fingerprint density at radius 1 is 0.865 bits per heavy atom. The topological polar surface area (TPSA) is 75.5 Å². The van der Waals surface area contributed by atoms with Crippen LogP contribution in [-0.4, -0.2) is 30.2 Å². The minimum Gasteiger partial charge on any atom is -0.497 e. The van der Waals surface area contributed by atoms with Crippen molar-refractivity contribution < 1.29 is 4.74 Å². The molecule has 0 bridgehead atoms. The largest absolute Gasteiger partial charge is 0.497 e. The first-order valence-electron chi connectivity index (χ1n) is 12.9. The smallest absolute Gasteiger partial charge is 0.332 e. The Morgan fingerprint density at radius 3 is 2.24 bits per heavy atom. The minimum atomic E-state index is -0.403. The zero-order valence-corrected chi connectivity index (χ0v) is 21.9. The van der Waals surface area contributed by atoms with Crippen LogP contribution in [0.15, 0.2) is 64.3 Å². The zero-order valence-electron chi connectivity index (χ0n) is 21.9. The summed E-state index contributed by atoms with van der Waals surface area (Å²) in [6.07, 6.45) is 9.31. The highest BCUT2D eigenvalue weighted by Gasteiger charge is 2.21. The van der Waals surface area contributed by atoms with E-state index in [0.29, 0.717) is 16.9 Å². The van der Waals surface area contributed by atoms with Gasteiger partial charge < -0.3 is 4.74 Å². The number of methoxy groups -OCH3 is 1. The van der Waals surface area contributed by atoms with E-state index in [1.165, 1.54) is 49.3 Å². The Bertz CT molecular complexity index is 1670. The lowest BCUT2D eigenvalue weighted by atomic mass is 10.0. The summed E-state index contributed by atoms with van der Waals surface area (Å²) >= 11 is 0. The summed E-state index contributed by atoms with van der Waals surface area (Å²) in [5.41, 5.74) is 4.07. The second-order valence-corrected chi connectivity index (χ2v) is 9.57. The molecular formula is C29H33N5O3. The van der Waals surface area contributed by atoms with Crippen LogP contribution in [0.1, 0.15) is 44.6 Å². The molecular weight excluding hydrogens is 466 g/mol. The van der Waals surface area contributed by atoms with Crippen LogP contribution in [0, 0.1) is 0 Å². The molecule has 0 saturated heterocycles. The molecule has 5 aromatic rings. The maximum absolute atomic E-state index is 13.1. The van der Waals surface area contributed by atoms with Gasteiger partial charge in [-0.3, -0.25) is 22.9 Å². The van der Waals surface area contributed by atoms with E-state index in [2.05, 4.69) is 31.2 Å². The molecule has 0 spiro atoms. The van der Waals surface area contributed by atoms with Crippen LogP contribution in [-0.2, 0) is 20.5 Å². The number of hydrogen-bond donors (Lipinski definition) is 0. The average Bonchev–Trinajstić information content (AvgIpc) is 3.47. The lowest BCUT2D eigenvalue weighted by molar-refractivity contribution is 0.415. The van der Waals surface area contributed by atoms with Crippen LogP contribution in [0.2, 0.25) is 0 Å². The SMILES string of the molecule is CCCCCCCc1ccc(-c2cn3c4c(=O)n(C)c(=O)n(C)c4nc3n2-c2ccc(OC)cc2)cc1. The van der Waals surface area contributed by atoms with Crippen molar-refractivity contribution in [1.82, 2.24) is 23.1 Å². The number of ether oxygens (including phenoxy) is 1. The van der Waals surface area contributed by atoms with Gasteiger partial charge in [-0.25, -0.2) is 4.79 Å². The molecule has 192 valence electrons. The molecule has 0 aliphatic rings. The highest BCUT2D eigenvalue weighted by atomic mass is 16.5. The van der Waals surface area contributed by atoms with Gasteiger partial charge in [0.2, 0.25) is 5.78 Å². The molecule has 0 saturated carbocycles. The molecule has 0 aliphatic carbocycles. The maximum Gasteiger partial charge on any atom is 0.332 e. The third-order valence-electron chi connectivity index (χ3n) is 7.11. The van der Waals surface area contributed by atoms with Crippen LogP contribution < -0.4 is 16.0 Å². The number of benzene rings is 2. The van der Waals surface area contributed by atoms with Gasteiger partial charge in [0, 0.05) is 31.5 Å². The molecule has 0 atom stereocenters. The molecule has 0 amide bonds. The molecule has 0 fully saturated rings. The highest BCUT2D eigenvalue weighted by Crippen LogP contribution is 2.30. The van der Waals surface area contributed by atoms with Crippen molar-refractivity contribution in [3.05, 3.63) is 81.1 Å². The second kappa shape index (κ2) is 10.1. The van der Waals surface area contributed by atoms with Gasteiger partial charge in [-0.1, -0.05) is 56.9 Å². The number of rotatable bonds is 9. The van der Waals surface area contributed by atoms with Crippen molar-refractivity contribution in [2.24, 2.45) is 14.1 Å². The predicted molar refractivity (Wildman–Crippen MR) is 147 cm³/mol. The van der Waals surface area contributed by atoms with Gasteiger partial charge in [0.1, 0.15) is 5.75 Å². The van der Waals surface area contributed by atoms with E-state index in [1.54, 1.807) is 18.6 Å². The molecule has 8 nitrogen and oxygen atoms in total. The minimum absolute atomic E-state index is 0.357. The zero-order chi connectivity index (χ0) is 26.1. The molecule has 0 unspecified atom stereocenters. The second-order valence-electron chi connectivity index (χ2n) is 9.57. The fourth-order valence-corrected chi connectivity index (χ4v) is 4.94. The van der Waals surface area contributed by atoms with Crippen molar-refractivity contribution >= 4 is 16.9 Å². The number of unbranched alkanes of at least 4 members (excludes halogenated alkanes) is 4. The van der Waals surface area contributed by atoms with Crippen molar-refractivity contribution in [2.75, 3.05) is 7.11 Å². The van der Waals surface area contributed by atoms with E-state index >= 15 is 0 Å². The van der Waals surface area contributed by atoms with Gasteiger partial charge in [-0.15, -0.1) is 0 Å². The Balaban J connectivity index is 1.64. The van der Waals surface area contributed by atoms with Crippen LogP contribution >= 0.6 is 0 Å². The molecule has 0 N–H and O–H groups in total. The summed E-state index contributed by atoms with van der Waals surface area (Å²) in [5.74, 6) is 1.31. The Morgan fingerprint density at radius 2 is 1.57 bits per heavy atom. The Hall–Kier alpha value is -4.07. The molecule has 3 heterocycles. The van der Waals surface area contributed by atoms with Gasteiger partial charge in [-0.05, 0) is 42.7 Å². The number of hydrogen-bond acceptors (Lipinski definition) is 4. The quantitative estimate of drug-likeness (QED) is 0.271. The van der Waals surface area contributed by atoms with Crippen molar-refractivity contribution in [3.8, 4) is 22.7 Å². The Labute approximate surface area is 215 Å². The summed E-state index contributed by atoms with van der Waals surface area (Å²) in [6.45, 7) is 2.24. The first kappa shape index (κ1) is 24.6. The predicted octanol–water partition coefficient (Wildman–Crippen LogP) is 4.86. The van der Waals surface area contributed by atoms with E-state index in [-0.39, 0.29) is 5.56 Å². The molecule has 0 radical (unpaired) electrons. The van der Waals surface area contributed by atoms with Crippen LogP contribution in [0.3, 0.4) is 0 Å². The standard InChI is InChI=1S/C29H33N5O3/c1-5-6-7-8-9-10-20-11-13-21(14-12-20)24-19-33-25-26(31(2)29(36)32(3)27(25)35)30-28(33)34(24)22-15-17-23(37-4)18-16-22/h11-19H,5-10H2,1-4H3. The molecule has 0 aliphatic heterocycles. The first-order chi connectivity index (χ1) is 17.9. The fourth-order valence-electron chi connectivity index (χ4n) is 4.94. The first-order valence-corrected chi connectivity index (χ1v) is 12.9. The number of imidazole rings is 2. The van der Waals surface area contributed by atoms with E-state index in [9.17, 15) is 9.59 Å². The Kier molecular flexibility index (Phi) is 6.74. The van der Waals surface area contributed by atoms with Gasteiger partial charge in [0.15, 0.2) is 11.2 Å². The number of aromatic nitrogens is 5. The third kappa shape index (κ3) is 4.37. The summed E-state index contributed by atoms with van der Waals surface area (Å²) in [7, 11) is 4.76.